The second-order valence-electron chi connectivity index (χ2n) is 12.3. The number of carbonyl (C=O) groups is 2. The molecule has 6 rings (SSSR count). The molecule has 3 aromatic rings. The number of rotatable bonds is 8. The number of nitrogens with zero attached hydrogens (tertiary/aromatic N) is 2. The summed E-state index contributed by atoms with van der Waals surface area (Å²) >= 11 is 0. The molecule has 0 bridgehead atoms. The molecule has 3 aliphatic carbocycles. The minimum absolute atomic E-state index is 0.0839. The number of nitriles is 1. The van der Waals surface area contributed by atoms with E-state index in [0.717, 1.165) is 28.8 Å². The molecule has 3 N–H and O–H groups in total. The fourth-order valence-corrected chi connectivity index (χ4v) is 6.95. The van der Waals surface area contributed by atoms with Crippen LogP contribution in [0.3, 0.4) is 0 Å². The predicted octanol–water partition coefficient (Wildman–Crippen LogP) is 4.74. The molecule has 3 atom stereocenters. The first-order valence-corrected chi connectivity index (χ1v) is 14.9. The molecule has 2 saturated carbocycles. The fraction of sp³-hybridized carbons (Fsp3) is 0.400. The van der Waals surface area contributed by atoms with Crippen LogP contribution in [-0.2, 0) is 17.6 Å². The van der Waals surface area contributed by atoms with E-state index in [1.165, 1.54) is 12.8 Å². The Labute approximate surface area is 246 Å². The van der Waals surface area contributed by atoms with Gasteiger partial charge in [0, 0.05) is 43.5 Å². The van der Waals surface area contributed by atoms with Gasteiger partial charge in [0.15, 0.2) is 0 Å². The van der Waals surface area contributed by atoms with Gasteiger partial charge in [-0.2, -0.15) is 5.26 Å². The minimum Gasteiger partial charge on any atom is -0.507 e. The molecule has 3 aromatic carbocycles. The zero-order valence-corrected chi connectivity index (χ0v) is 24.0. The number of hydrogen-bond acceptors (Lipinski definition) is 6. The summed E-state index contributed by atoms with van der Waals surface area (Å²) in [6, 6.07) is 21.1. The highest BCUT2D eigenvalue weighted by Gasteiger charge is 2.54. The normalized spacial score (nSPS) is 23.1. The van der Waals surface area contributed by atoms with Gasteiger partial charge in [0.05, 0.1) is 22.8 Å². The molecular formula is C35H37N3O4. The van der Waals surface area contributed by atoms with Crippen molar-refractivity contribution in [1.29, 1.82) is 5.26 Å². The number of phenols is 1. The summed E-state index contributed by atoms with van der Waals surface area (Å²) in [5.41, 5.74) is 4.29. The molecule has 0 aromatic heterocycles. The van der Waals surface area contributed by atoms with Crippen molar-refractivity contribution in [2.75, 3.05) is 20.1 Å². The highest BCUT2D eigenvalue weighted by atomic mass is 16.3. The number of carbonyl (C=O) groups excluding carboxylic acids is 2. The zero-order chi connectivity index (χ0) is 29.4. The number of aliphatic hydroxyl groups is 1. The number of aromatic hydroxyl groups is 1. The van der Waals surface area contributed by atoms with Crippen LogP contribution in [-0.4, -0.2) is 58.6 Å². The van der Waals surface area contributed by atoms with E-state index in [1.54, 1.807) is 18.2 Å². The lowest BCUT2D eigenvalue weighted by atomic mass is 9.61. The van der Waals surface area contributed by atoms with Crippen LogP contribution in [0.2, 0.25) is 0 Å². The number of amides is 1. The number of ketones is 1. The molecule has 1 amide bonds. The van der Waals surface area contributed by atoms with Gasteiger partial charge in [-0.1, -0.05) is 42.5 Å². The quantitative estimate of drug-likeness (QED) is 0.365. The van der Waals surface area contributed by atoms with Crippen LogP contribution >= 0.6 is 0 Å². The monoisotopic (exact) mass is 563 g/mol. The Hall–Kier alpha value is -3.99. The van der Waals surface area contributed by atoms with Crippen molar-refractivity contribution in [1.82, 2.24) is 10.2 Å². The SMILES string of the molecule is CN(CC1CC1)[C@@H]1Cc2ccc(C(=O)NCCc3ccc(-c4ccc(C#N)cc4)cc3)c(O)c2C2CC(=O)CC[C@]21O. The maximum absolute atomic E-state index is 13.2. The highest BCUT2D eigenvalue weighted by Crippen LogP contribution is 2.52. The molecule has 0 saturated heterocycles. The summed E-state index contributed by atoms with van der Waals surface area (Å²) in [7, 11) is 2.06. The van der Waals surface area contributed by atoms with Crippen molar-refractivity contribution in [2.45, 2.75) is 62.5 Å². The molecule has 7 nitrogen and oxygen atoms in total. The van der Waals surface area contributed by atoms with E-state index in [2.05, 4.69) is 23.3 Å². The van der Waals surface area contributed by atoms with Crippen molar-refractivity contribution >= 4 is 11.7 Å². The Bertz CT molecular complexity index is 1540. The van der Waals surface area contributed by atoms with Crippen LogP contribution in [0, 0.1) is 17.2 Å². The molecular weight excluding hydrogens is 526 g/mol. The van der Waals surface area contributed by atoms with Gasteiger partial charge < -0.3 is 15.5 Å². The van der Waals surface area contributed by atoms with Gasteiger partial charge in [0.25, 0.3) is 5.91 Å². The second-order valence-corrected chi connectivity index (χ2v) is 12.3. The first-order valence-electron chi connectivity index (χ1n) is 14.9. The average molecular weight is 564 g/mol. The van der Waals surface area contributed by atoms with Crippen molar-refractivity contribution < 1.29 is 19.8 Å². The number of hydrogen-bond donors (Lipinski definition) is 3. The van der Waals surface area contributed by atoms with Gasteiger partial charge in [-0.3, -0.25) is 14.5 Å². The van der Waals surface area contributed by atoms with Crippen LogP contribution in [0.4, 0.5) is 0 Å². The van der Waals surface area contributed by atoms with E-state index in [9.17, 15) is 19.8 Å². The van der Waals surface area contributed by atoms with Crippen LogP contribution < -0.4 is 5.32 Å². The summed E-state index contributed by atoms with van der Waals surface area (Å²) in [5.74, 6) is -0.262. The molecule has 0 aliphatic heterocycles. The Balaban J connectivity index is 1.15. The van der Waals surface area contributed by atoms with E-state index < -0.39 is 11.5 Å². The number of benzene rings is 3. The summed E-state index contributed by atoms with van der Waals surface area (Å²) in [6.07, 6.45) is 4.52. The van der Waals surface area contributed by atoms with E-state index in [4.69, 9.17) is 5.26 Å². The van der Waals surface area contributed by atoms with Crippen molar-refractivity contribution in [3.63, 3.8) is 0 Å². The molecule has 0 radical (unpaired) electrons. The van der Waals surface area contributed by atoms with E-state index >= 15 is 0 Å². The lowest BCUT2D eigenvalue weighted by Gasteiger charge is -2.52. The summed E-state index contributed by atoms with van der Waals surface area (Å²) in [5, 5.41) is 35.4. The first kappa shape index (κ1) is 28.1. The Kier molecular flexibility index (Phi) is 7.61. The lowest BCUT2D eigenvalue weighted by molar-refractivity contribution is -0.134. The van der Waals surface area contributed by atoms with Crippen LogP contribution in [0.1, 0.15) is 70.6 Å². The Morgan fingerprint density at radius 2 is 1.74 bits per heavy atom. The number of fused-ring (bicyclic) bond motifs is 3. The first-order chi connectivity index (χ1) is 20.3. The van der Waals surface area contributed by atoms with Crippen molar-refractivity contribution in [3.8, 4) is 22.9 Å². The predicted molar refractivity (Wildman–Crippen MR) is 160 cm³/mol. The standard InChI is InChI=1S/C35H37N3O4/c1-38(21-24-2-3-24)31-18-27-12-13-29(33(40)32(27)30-19-28(39)14-16-35(30,31)42)34(41)37-17-15-22-4-8-25(9-5-22)26-10-6-23(20-36)7-11-26/h4-13,24,30-31,40,42H,2-3,14-19,21H2,1H3,(H,37,41)/t30?,31-,35+/m1/s1. The number of nitrogens with one attached hydrogen (secondary N) is 1. The highest BCUT2D eigenvalue weighted by molar-refractivity contribution is 5.97. The van der Waals surface area contributed by atoms with Gasteiger partial charge in [0.1, 0.15) is 11.5 Å². The summed E-state index contributed by atoms with van der Waals surface area (Å²) in [4.78, 5) is 28.0. The minimum atomic E-state index is -1.12. The Morgan fingerprint density at radius 3 is 2.40 bits per heavy atom. The lowest BCUT2D eigenvalue weighted by Crippen LogP contribution is -2.60. The number of Topliss-reactive ketones (excluding diaryl/α,β-unsaturated/α-hetero) is 1. The van der Waals surface area contributed by atoms with Gasteiger partial charge in [-0.25, -0.2) is 0 Å². The molecule has 3 aliphatic rings. The third kappa shape index (κ3) is 5.45. The van der Waals surface area contributed by atoms with Crippen LogP contribution in [0.15, 0.2) is 60.7 Å². The van der Waals surface area contributed by atoms with Crippen LogP contribution in [0.5, 0.6) is 5.75 Å². The van der Waals surface area contributed by atoms with Gasteiger partial charge in [-0.15, -0.1) is 0 Å². The van der Waals surface area contributed by atoms with Crippen molar-refractivity contribution in [2.24, 2.45) is 5.92 Å². The summed E-state index contributed by atoms with van der Waals surface area (Å²) in [6.45, 7) is 1.32. The maximum atomic E-state index is 13.2. The van der Waals surface area contributed by atoms with E-state index in [0.29, 0.717) is 49.3 Å². The summed E-state index contributed by atoms with van der Waals surface area (Å²) < 4.78 is 0. The molecule has 42 heavy (non-hydrogen) atoms. The van der Waals surface area contributed by atoms with Gasteiger partial charge in [0.2, 0.25) is 0 Å². The zero-order valence-electron chi connectivity index (χ0n) is 24.0. The maximum Gasteiger partial charge on any atom is 0.255 e. The molecule has 0 heterocycles. The topological polar surface area (TPSA) is 114 Å². The average Bonchev–Trinajstić information content (AvgIpc) is 3.81. The molecule has 2 fully saturated rings. The number of phenolic OH excluding ortho intramolecular Hbond substituents is 1. The van der Waals surface area contributed by atoms with E-state index in [1.807, 2.05) is 42.5 Å². The van der Waals surface area contributed by atoms with Gasteiger partial charge >= 0.3 is 0 Å². The second kappa shape index (κ2) is 11.4. The molecule has 1 unspecified atom stereocenters. The van der Waals surface area contributed by atoms with Gasteiger partial charge in [-0.05, 0) is 85.5 Å². The smallest absolute Gasteiger partial charge is 0.255 e. The molecule has 216 valence electrons. The van der Waals surface area contributed by atoms with Crippen LogP contribution in [0.25, 0.3) is 11.1 Å². The third-order valence-electron chi connectivity index (χ3n) is 9.51. The van der Waals surface area contributed by atoms with E-state index in [-0.39, 0.29) is 35.5 Å². The largest absolute Gasteiger partial charge is 0.507 e. The fourth-order valence-electron chi connectivity index (χ4n) is 6.95. The number of likely N-dealkylation sites (N-methyl/N-ethyl adjacent to an activating group) is 1. The molecule has 0 spiro atoms. The van der Waals surface area contributed by atoms with Crippen molar-refractivity contribution in [3.05, 3.63) is 88.5 Å². The third-order valence-corrected chi connectivity index (χ3v) is 9.51. The Morgan fingerprint density at radius 1 is 1.05 bits per heavy atom. The molecule has 7 heteroatoms.